The quantitative estimate of drug-likeness (QED) is 0.0523. The van der Waals surface area contributed by atoms with Crippen molar-refractivity contribution in [3.8, 4) is 11.6 Å². The van der Waals surface area contributed by atoms with Gasteiger partial charge in [-0.1, -0.05) is 78.8 Å². The molecule has 49 heavy (non-hydrogen) atoms. The third-order valence-electron chi connectivity index (χ3n) is 10.4. The molecule has 0 spiro atoms. The number of hydrogen-bond acceptors (Lipinski definition) is 9. The van der Waals surface area contributed by atoms with Gasteiger partial charge in [0.1, 0.15) is 11.3 Å². The van der Waals surface area contributed by atoms with Gasteiger partial charge in [0, 0.05) is 38.7 Å². The minimum atomic E-state index is -1.97. The number of nitrogens with zero attached hydrogens (tertiary/aromatic N) is 1. The third kappa shape index (κ3) is 12.3. The zero-order chi connectivity index (χ0) is 37.1. The Labute approximate surface area is 298 Å². The lowest BCUT2D eigenvalue weighted by Crippen LogP contribution is -2.46. The minimum absolute atomic E-state index is 0.0568. The summed E-state index contributed by atoms with van der Waals surface area (Å²) in [7, 11) is -0.787. The number of pyridine rings is 1. The zero-order valence-electron chi connectivity index (χ0n) is 32.6. The number of aliphatic hydroxyl groups is 1. The molecular formula is C38H65NO8Si2. The lowest BCUT2D eigenvalue weighted by atomic mass is 9.78. The highest BCUT2D eigenvalue weighted by molar-refractivity contribution is 6.74. The van der Waals surface area contributed by atoms with Crippen LogP contribution in [0.4, 0.5) is 0 Å². The summed E-state index contributed by atoms with van der Waals surface area (Å²) >= 11 is 0. The fourth-order valence-corrected chi connectivity index (χ4v) is 7.47. The summed E-state index contributed by atoms with van der Waals surface area (Å²) in [5.74, 6) is 0.174. The standard InChI is InChI=1S/C38H65NO8Si2/c1-14-29(26-46-48(10,11)36(2,3)4)19-17-15-16-18-20-32(40)33-34(44-27-42-8)31(25-39-35(33)45-28-43-9)38(41)23-21-30(22-24-38)47-49(12,13)37(5,6)7/h15-20,25,29-30,41H,14,21-24,26-28H2,1-13H3/b16-15+,19-17+,20-18+/t29-,30?,38?/m1/s1. The molecule has 1 heterocycles. The van der Waals surface area contributed by atoms with Crippen LogP contribution in [0, 0.1) is 5.92 Å². The average Bonchev–Trinajstić information content (AvgIpc) is 3.01. The van der Waals surface area contributed by atoms with Crippen LogP contribution in [0.3, 0.4) is 0 Å². The molecule has 9 nitrogen and oxygen atoms in total. The second-order valence-corrected chi connectivity index (χ2v) is 25.7. The van der Waals surface area contributed by atoms with Gasteiger partial charge in [-0.15, -0.1) is 0 Å². The molecule has 0 bridgehead atoms. The van der Waals surface area contributed by atoms with Crippen LogP contribution in [-0.2, 0) is 23.9 Å². The van der Waals surface area contributed by atoms with Crippen LogP contribution in [0.1, 0.15) is 96.5 Å². The molecule has 0 amide bonds. The molecule has 11 heteroatoms. The van der Waals surface area contributed by atoms with Crippen LogP contribution in [0.15, 0.2) is 42.7 Å². The topological polar surface area (TPSA) is 106 Å². The summed E-state index contributed by atoms with van der Waals surface area (Å²) in [5.41, 5.74) is -0.731. The van der Waals surface area contributed by atoms with E-state index >= 15 is 0 Å². The molecule has 0 unspecified atom stereocenters. The number of ether oxygens (including phenoxy) is 4. The molecule has 1 aromatic heterocycles. The first-order valence-corrected chi connectivity index (χ1v) is 23.4. The van der Waals surface area contributed by atoms with Crippen LogP contribution in [-0.4, -0.2) is 73.0 Å². The third-order valence-corrected chi connectivity index (χ3v) is 19.4. The van der Waals surface area contributed by atoms with Gasteiger partial charge in [-0.05, 0) is 80.4 Å². The Balaban J connectivity index is 2.31. The number of carbonyl (C=O) groups is 1. The summed E-state index contributed by atoms with van der Waals surface area (Å²) in [6.45, 7) is 25.1. The smallest absolute Gasteiger partial charge is 0.230 e. The molecule has 0 saturated heterocycles. The molecular weight excluding hydrogens is 655 g/mol. The Bertz CT molecular complexity index is 1290. The normalized spacial score (nSPS) is 20.4. The van der Waals surface area contributed by atoms with E-state index in [2.05, 4.69) is 85.7 Å². The molecule has 0 aromatic carbocycles. The number of carbonyl (C=O) groups excluding carboxylic acids is 1. The Morgan fingerprint density at radius 2 is 1.51 bits per heavy atom. The van der Waals surface area contributed by atoms with E-state index in [1.807, 2.05) is 12.2 Å². The molecule has 0 radical (unpaired) electrons. The highest BCUT2D eigenvalue weighted by Gasteiger charge is 2.44. The first kappa shape index (κ1) is 43.0. The van der Waals surface area contributed by atoms with Crippen molar-refractivity contribution in [1.29, 1.82) is 0 Å². The summed E-state index contributed by atoms with van der Waals surface area (Å²) in [6, 6.07) is 0. The monoisotopic (exact) mass is 719 g/mol. The maximum absolute atomic E-state index is 13.8. The highest BCUT2D eigenvalue weighted by Crippen LogP contribution is 2.46. The molecule has 1 saturated carbocycles. The number of ketones is 1. The summed E-state index contributed by atoms with van der Waals surface area (Å²) in [5, 5.41) is 12.3. The van der Waals surface area contributed by atoms with Crippen LogP contribution in [0.25, 0.3) is 0 Å². The molecule has 1 atom stereocenters. The van der Waals surface area contributed by atoms with Crippen LogP contribution >= 0.6 is 0 Å². The van der Waals surface area contributed by atoms with Crippen LogP contribution < -0.4 is 9.47 Å². The van der Waals surface area contributed by atoms with Crippen molar-refractivity contribution in [2.24, 2.45) is 5.92 Å². The van der Waals surface area contributed by atoms with Gasteiger partial charge in [-0.2, -0.15) is 0 Å². The largest absolute Gasteiger partial charge is 0.466 e. The Morgan fingerprint density at radius 3 is 2.06 bits per heavy atom. The maximum atomic E-state index is 13.8. The first-order chi connectivity index (χ1) is 22.7. The van der Waals surface area contributed by atoms with Gasteiger partial charge in [-0.3, -0.25) is 4.79 Å². The number of methoxy groups -OCH3 is 2. The molecule has 278 valence electrons. The van der Waals surface area contributed by atoms with Crippen molar-refractivity contribution in [3.63, 3.8) is 0 Å². The Morgan fingerprint density at radius 1 is 0.939 bits per heavy atom. The molecule has 1 N–H and O–H groups in total. The second-order valence-electron chi connectivity index (χ2n) is 16.1. The Hall–Kier alpha value is -2.13. The second kappa shape index (κ2) is 18.4. The predicted molar refractivity (Wildman–Crippen MR) is 202 cm³/mol. The predicted octanol–water partition coefficient (Wildman–Crippen LogP) is 9.10. The van der Waals surface area contributed by atoms with Crippen molar-refractivity contribution in [2.45, 2.75) is 129 Å². The van der Waals surface area contributed by atoms with Crippen molar-refractivity contribution in [3.05, 3.63) is 53.8 Å². The Kier molecular flexibility index (Phi) is 16.2. The van der Waals surface area contributed by atoms with Crippen molar-refractivity contribution in [1.82, 2.24) is 4.98 Å². The maximum Gasteiger partial charge on any atom is 0.230 e. The first-order valence-electron chi connectivity index (χ1n) is 17.6. The molecule has 0 aliphatic heterocycles. The fraction of sp³-hybridized carbons (Fsp3) is 0.684. The summed E-state index contributed by atoms with van der Waals surface area (Å²) < 4.78 is 35.2. The molecule has 1 fully saturated rings. The van der Waals surface area contributed by atoms with Gasteiger partial charge in [0.25, 0.3) is 0 Å². The van der Waals surface area contributed by atoms with Crippen LogP contribution in [0.5, 0.6) is 11.6 Å². The molecule has 1 aliphatic carbocycles. The highest BCUT2D eigenvalue weighted by atomic mass is 28.4. The summed E-state index contributed by atoms with van der Waals surface area (Å²) in [6.07, 6.45) is 15.7. The lowest BCUT2D eigenvalue weighted by molar-refractivity contribution is -0.0374. The van der Waals surface area contributed by atoms with Crippen molar-refractivity contribution in [2.75, 3.05) is 34.4 Å². The van der Waals surface area contributed by atoms with E-state index in [0.29, 0.717) is 43.8 Å². The number of rotatable bonds is 18. The van der Waals surface area contributed by atoms with Gasteiger partial charge in [-0.25, -0.2) is 4.98 Å². The lowest BCUT2D eigenvalue weighted by Gasteiger charge is -2.43. The molecule has 2 rings (SSSR count). The van der Waals surface area contributed by atoms with Gasteiger partial charge in [0.2, 0.25) is 5.88 Å². The van der Waals surface area contributed by atoms with E-state index in [1.165, 1.54) is 26.5 Å². The zero-order valence-corrected chi connectivity index (χ0v) is 34.6. The fourth-order valence-electron chi connectivity index (χ4n) is 4.99. The number of allylic oxidation sites excluding steroid dienone is 5. The van der Waals surface area contributed by atoms with E-state index in [9.17, 15) is 9.90 Å². The van der Waals surface area contributed by atoms with Gasteiger partial charge in [0.05, 0.1) is 5.60 Å². The van der Waals surface area contributed by atoms with Crippen molar-refractivity contribution >= 4 is 22.4 Å². The van der Waals surface area contributed by atoms with E-state index in [4.69, 9.17) is 27.8 Å². The number of aromatic nitrogens is 1. The number of hydrogen-bond donors (Lipinski definition) is 1. The van der Waals surface area contributed by atoms with Crippen LogP contribution in [0.2, 0.25) is 36.3 Å². The van der Waals surface area contributed by atoms with Gasteiger partial charge in [0.15, 0.2) is 36.0 Å². The molecule has 1 aliphatic rings. The SMILES string of the molecule is CC[C@H](/C=C/C=C/C=C/C(=O)c1c(OCOC)ncc(C2(O)CCC(O[Si](C)(C)C(C)(C)C)CC2)c1OCOC)CO[Si](C)(C)C(C)(C)C. The summed E-state index contributed by atoms with van der Waals surface area (Å²) in [4.78, 5) is 18.2. The van der Waals surface area contributed by atoms with E-state index in [1.54, 1.807) is 12.2 Å². The average molecular weight is 720 g/mol. The van der Waals surface area contributed by atoms with E-state index in [-0.39, 0.29) is 52.7 Å². The van der Waals surface area contributed by atoms with Gasteiger partial charge < -0.3 is 32.9 Å². The molecule has 1 aromatic rings. The van der Waals surface area contributed by atoms with E-state index < -0.39 is 22.2 Å². The van der Waals surface area contributed by atoms with Gasteiger partial charge >= 0.3 is 0 Å². The van der Waals surface area contributed by atoms with Crippen molar-refractivity contribution < 1.29 is 37.7 Å². The minimum Gasteiger partial charge on any atom is -0.466 e. The van der Waals surface area contributed by atoms with E-state index in [0.717, 1.165) is 6.42 Å².